The van der Waals surface area contributed by atoms with Crippen molar-refractivity contribution in [2.75, 3.05) is 0 Å². The van der Waals surface area contributed by atoms with Crippen molar-refractivity contribution in [1.29, 1.82) is 0 Å². The molecule has 1 amide bonds. The normalized spacial score (nSPS) is 22.8. The second-order valence-electron chi connectivity index (χ2n) is 5.39. The molecule has 1 fully saturated rings. The molecular formula is C15H17Cl2NO3. The number of carboxylic acid groups (broad SMARTS) is 1. The van der Waals surface area contributed by atoms with Crippen LogP contribution in [0.5, 0.6) is 0 Å². The number of carboxylic acids is 1. The molecule has 0 saturated heterocycles. The summed E-state index contributed by atoms with van der Waals surface area (Å²) in [6.45, 7) is 1.84. The molecular weight excluding hydrogens is 313 g/mol. The van der Waals surface area contributed by atoms with Crippen LogP contribution in [0.25, 0.3) is 0 Å². The molecule has 21 heavy (non-hydrogen) atoms. The first kappa shape index (κ1) is 16.1. The fraction of sp³-hybridized carbons (Fsp3) is 0.467. The first-order valence-electron chi connectivity index (χ1n) is 6.88. The Morgan fingerprint density at radius 1 is 1.24 bits per heavy atom. The molecule has 1 aromatic rings. The van der Waals surface area contributed by atoms with Gasteiger partial charge in [0.2, 0.25) is 5.91 Å². The highest BCUT2D eigenvalue weighted by atomic mass is 35.5. The summed E-state index contributed by atoms with van der Waals surface area (Å²) >= 11 is 11.8. The minimum absolute atomic E-state index is 0.210. The van der Waals surface area contributed by atoms with Crippen LogP contribution in [0.2, 0.25) is 10.0 Å². The Kier molecular flexibility index (Phi) is 5.12. The highest BCUT2D eigenvalue weighted by Crippen LogP contribution is 2.33. The highest BCUT2D eigenvalue weighted by Gasteiger charge is 2.38. The van der Waals surface area contributed by atoms with E-state index in [4.69, 9.17) is 28.3 Å². The first-order chi connectivity index (χ1) is 9.90. The molecule has 1 aromatic carbocycles. The zero-order valence-corrected chi connectivity index (χ0v) is 13.1. The van der Waals surface area contributed by atoms with Crippen molar-refractivity contribution in [3.8, 4) is 0 Å². The summed E-state index contributed by atoms with van der Waals surface area (Å²) in [5.41, 5.74) is 0.836. The van der Waals surface area contributed by atoms with Gasteiger partial charge in [-0.15, -0.1) is 0 Å². The summed E-state index contributed by atoms with van der Waals surface area (Å²) in [6.07, 6.45) is 1.96. The van der Waals surface area contributed by atoms with E-state index in [1.165, 1.54) is 0 Å². The molecule has 0 aliphatic heterocycles. The molecule has 6 heteroatoms. The van der Waals surface area contributed by atoms with Gasteiger partial charge in [-0.25, -0.2) is 0 Å². The fourth-order valence-electron chi connectivity index (χ4n) is 2.75. The lowest BCUT2D eigenvalue weighted by atomic mass is 9.94. The Labute approximate surface area is 133 Å². The Morgan fingerprint density at radius 3 is 2.52 bits per heavy atom. The number of rotatable bonds is 4. The number of hydrogen-bond acceptors (Lipinski definition) is 2. The van der Waals surface area contributed by atoms with E-state index in [2.05, 4.69) is 5.32 Å². The number of aliphatic carboxylic acids is 1. The summed E-state index contributed by atoms with van der Waals surface area (Å²) in [4.78, 5) is 23.4. The molecule has 1 aliphatic carbocycles. The minimum atomic E-state index is -0.894. The molecule has 3 atom stereocenters. The number of carbonyl (C=O) groups excluding carboxylic acids is 1. The van der Waals surface area contributed by atoms with E-state index in [1.54, 1.807) is 18.2 Å². The smallest absolute Gasteiger partial charge is 0.307 e. The van der Waals surface area contributed by atoms with Gasteiger partial charge in [0.05, 0.1) is 27.9 Å². The third-order valence-corrected chi connectivity index (χ3v) is 4.71. The van der Waals surface area contributed by atoms with Gasteiger partial charge in [0, 0.05) is 0 Å². The second-order valence-corrected chi connectivity index (χ2v) is 6.20. The van der Waals surface area contributed by atoms with Crippen LogP contribution in [0, 0.1) is 11.8 Å². The number of amides is 1. The predicted octanol–water partition coefficient (Wildman–Crippen LogP) is 3.67. The lowest BCUT2D eigenvalue weighted by Gasteiger charge is -2.20. The van der Waals surface area contributed by atoms with Crippen LogP contribution in [-0.4, -0.2) is 17.0 Å². The Hall–Kier alpha value is -1.26. The van der Waals surface area contributed by atoms with Crippen LogP contribution in [-0.2, 0) is 9.59 Å². The van der Waals surface area contributed by atoms with Gasteiger partial charge >= 0.3 is 5.97 Å². The zero-order valence-electron chi connectivity index (χ0n) is 11.6. The molecule has 1 saturated carbocycles. The minimum Gasteiger partial charge on any atom is -0.481 e. The summed E-state index contributed by atoms with van der Waals surface area (Å²) < 4.78 is 0. The summed E-state index contributed by atoms with van der Waals surface area (Å²) in [5.74, 6) is -2.13. The van der Waals surface area contributed by atoms with Crippen molar-refractivity contribution >= 4 is 35.1 Å². The van der Waals surface area contributed by atoms with Crippen molar-refractivity contribution in [1.82, 2.24) is 5.32 Å². The number of nitrogens with one attached hydrogen (secondary N) is 1. The topological polar surface area (TPSA) is 66.4 Å². The Morgan fingerprint density at radius 2 is 1.90 bits per heavy atom. The van der Waals surface area contributed by atoms with E-state index in [0.29, 0.717) is 22.9 Å². The number of benzene rings is 1. The molecule has 1 aliphatic rings. The molecule has 0 aromatic heterocycles. The number of hydrogen-bond donors (Lipinski definition) is 2. The maximum atomic E-state index is 12.3. The van der Waals surface area contributed by atoms with Gasteiger partial charge in [-0.1, -0.05) is 35.7 Å². The molecule has 0 bridgehead atoms. The van der Waals surface area contributed by atoms with Gasteiger partial charge in [-0.05, 0) is 37.5 Å². The quantitative estimate of drug-likeness (QED) is 0.885. The van der Waals surface area contributed by atoms with E-state index in [-0.39, 0.29) is 11.9 Å². The SMILES string of the molecule is CC(NC(=O)C1CCCC1C(=O)O)c1ccc(Cl)c(Cl)c1. The Balaban J connectivity index is 2.04. The molecule has 4 nitrogen and oxygen atoms in total. The first-order valence-corrected chi connectivity index (χ1v) is 7.64. The second kappa shape index (κ2) is 6.67. The largest absolute Gasteiger partial charge is 0.481 e. The average Bonchev–Trinajstić information content (AvgIpc) is 2.91. The standard InChI is InChI=1S/C15H17Cl2NO3/c1-8(9-5-6-12(16)13(17)7-9)18-14(19)10-3-2-4-11(10)15(20)21/h5-8,10-11H,2-4H2,1H3,(H,18,19)(H,20,21). The van der Waals surface area contributed by atoms with E-state index in [0.717, 1.165) is 12.0 Å². The van der Waals surface area contributed by atoms with Crippen molar-refractivity contribution in [3.05, 3.63) is 33.8 Å². The van der Waals surface area contributed by atoms with Crippen molar-refractivity contribution in [3.63, 3.8) is 0 Å². The number of halogens is 2. The monoisotopic (exact) mass is 329 g/mol. The van der Waals surface area contributed by atoms with Crippen LogP contribution in [0.1, 0.15) is 37.8 Å². The maximum Gasteiger partial charge on any atom is 0.307 e. The third kappa shape index (κ3) is 3.69. The van der Waals surface area contributed by atoms with Gasteiger partial charge < -0.3 is 10.4 Å². The molecule has 114 valence electrons. The van der Waals surface area contributed by atoms with Crippen LogP contribution in [0.15, 0.2) is 18.2 Å². The lowest BCUT2D eigenvalue weighted by Crippen LogP contribution is -2.36. The molecule has 0 spiro atoms. The molecule has 0 radical (unpaired) electrons. The van der Waals surface area contributed by atoms with Gasteiger partial charge in [-0.3, -0.25) is 9.59 Å². The van der Waals surface area contributed by atoms with E-state index in [9.17, 15) is 9.59 Å². The van der Waals surface area contributed by atoms with Gasteiger partial charge in [0.15, 0.2) is 0 Å². The Bertz CT molecular complexity index is 562. The third-order valence-electron chi connectivity index (χ3n) is 3.97. The van der Waals surface area contributed by atoms with Crippen molar-refractivity contribution in [2.24, 2.45) is 11.8 Å². The van der Waals surface area contributed by atoms with Gasteiger partial charge in [0.25, 0.3) is 0 Å². The van der Waals surface area contributed by atoms with Crippen LogP contribution in [0.3, 0.4) is 0 Å². The molecule has 3 unspecified atom stereocenters. The van der Waals surface area contributed by atoms with Crippen LogP contribution >= 0.6 is 23.2 Å². The highest BCUT2D eigenvalue weighted by molar-refractivity contribution is 6.42. The summed E-state index contributed by atoms with van der Waals surface area (Å²) in [5, 5.41) is 12.9. The molecule has 2 rings (SSSR count). The maximum absolute atomic E-state index is 12.3. The van der Waals surface area contributed by atoms with Gasteiger partial charge in [-0.2, -0.15) is 0 Å². The molecule has 2 N–H and O–H groups in total. The average molecular weight is 330 g/mol. The predicted molar refractivity (Wildman–Crippen MR) is 81.5 cm³/mol. The summed E-state index contributed by atoms with van der Waals surface area (Å²) in [7, 11) is 0. The van der Waals surface area contributed by atoms with E-state index in [1.807, 2.05) is 6.92 Å². The fourth-order valence-corrected chi connectivity index (χ4v) is 3.06. The van der Waals surface area contributed by atoms with Crippen molar-refractivity contribution < 1.29 is 14.7 Å². The number of carbonyl (C=O) groups is 2. The van der Waals surface area contributed by atoms with Crippen LogP contribution in [0.4, 0.5) is 0 Å². The lowest BCUT2D eigenvalue weighted by molar-refractivity contribution is -0.146. The van der Waals surface area contributed by atoms with Gasteiger partial charge in [0.1, 0.15) is 0 Å². The zero-order chi connectivity index (χ0) is 15.6. The van der Waals surface area contributed by atoms with E-state index < -0.39 is 17.8 Å². The van der Waals surface area contributed by atoms with E-state index >= 15 is 0 Å². The molecule has 0 heterocycles. The summed E-state index contributed by atoms with van der Waals surface area (Å²) in [6, 6.07) is 4.93. The van der Waals surface area contributed by atoms with Crippen LogP contribution < -0.4 is 5.32 Å². The van der Waals surface area contributed by atoms with Crippen molar-refractivity contribution in [2.45, 2.75) is 32.2 Å².